The van der Waals surface area contributed by atoms with Gasteiger partial charge in [0.15, 0.2) is 0 Å². The summed E-state index contributed by atoms with van der Waals surface area (Å²) in [6.45, 7) is 3.77. The first kappa shape index (κ1) is 12.9. The lowest BCUT2D eigenvalue weighted by atomic mass is 10.0. The van der Waals surface area contributed by atoms with E-state index in [0.717, 1.165) is 6.42 Å². The fourth-order valence-corrected chi connectivity index (χ4v) is 3.60. The van der Waals surface area contributed by atoms with Crippen molar-refractivity contribution in [2.45, 2.75) is 6.42 Å². The molecular formula is C19H16S. The van der Waals surface area contributed by atoms with Crippen LogP contribution in [0.15, 0.2) is 73.3 Å². The smallest absolute Gasteiger partial charge is 0.0352 e. The largest absolute Gasteiger partial charge is 0.139 e. The first-order valence-electron chi connectivity index (χ1n) is 6.72. The molecule has 1 heteroatoms. The zero-order valence-corrected chi connectivity index (χ0v) is 12.1. The van der Waals surface area contributed by atoms with E-state index in [-0.39, 0.29) is 0 Å². The highest BCUT2D eigenvalue weighted by molar-refractivity contribution is 7.19. The summed E-state index contributed by atoms with van der Waals surface area (Å²) in [5.41, 5.74) is 2.68. The van der Waals surface area contributed by atoms with E-state index in [0.29, 0.717) is 0 Å². The van der Waals surface area contributed by atoms with Crippen molar-refractivity contribution in [2.24, 2.45) is 0 Å². The third-order valence-electron chi connectivity index (χ3n) is 3.32. The first-order valence-corrected chi connectivity index (χ1v) is 7.53. The van der Waals surface area contributed by atoms with Gasteiger partial charge in [-0.2, -0.15) is 0 Å². The van der Waals surface area contributed by atoms with Crippen molar-refractivity contribution < 1.29 is 0 Å². The Balaban J connectivity index is 2.09. The topological polar surface area (TPSA) is 0 Å². The number of allylic oxidation sites excluding steroid dienone is 2. The normalized spacial score (nSPS) is 11.2. The first-order chi connectivity index (χ1) is 9.88. The summed E-state index contributed by atoms with van der Waals surface area (Å²) in [5, 5.41) is 1.33. The van der Waals surface area contributed by atoms with Crippen molar-refractivity contribution in [1.82, 2.24) is 0 Å². The molecule has 0 unspecified atom stereocenters. The molecule has 0 atom stereocenters. The third kappa shape index (κ3) is 2.59. The average Bonchev–Trinajstić information content (AvgIpc) is 2.83. The van der Waals surface area contributed by atoms with Gasteiger partial charge in [-0.15, -0.1) is 11.3 Å². The Kier molecular flexibility index (Phi) is 3.80. The van der Waals surface area contributed by atoms with Crippen LogP contribution in [-0.2, 0) is 6.42 Å². The summed E-state index contributed by atoms with van der Waals surface area (Å²) in [6, 6.07) is 19.2. The van der Waals surface area contributed by atoms with Crippen molar-refractivity contribution in [3.05, 3.63) is 89.3 Å². The molecule has 0 radical (unpaired) electrons. The van der Waals surface area contributed by atoms with Crippen LogP contribution in [-0.4, -0.2) is 0 Å². The molecule has 0 aliphatic heterocycles. The van der Waals surface area contributed by atoms with Crippen molar-refractivity contribution in [3.8, 4) is 0 Å². The van der Waals surface area contributed by atoms with Gasteiger partial charge in [-0.1, -0.05) is 73.3 Å². The molecule has 98 valence electrons. The minimum atomic E-state index is 0.983. The molecule has 3 aromatic rings. The minimum absolute atomic E-state index is 0.983. The van der Waals surface area contributed by atoms with Crippen LogP contribution in [0, 0.1) is 0 Å². The van der Waals surface area contributed by atoms with Gasteiger partial charge in [0.2, 0.25) is 0 Å². The number of benzene rings is 2. The zero-order chi connectivity index (χ0) is 13.8. The molecule has 0 aliphatic rings. The van der Waals surface area contributed by atoms with Crippen LogP contribution in [0.2, 0.25) is 0 Å². The van der Waals surface area contributed by atoms with Crippen molar-refractivity contribution in [2.75, 3.05) is 0 Å². The summed E-state index contributed by atoms with van der Waals surface area (Å²) in [7, 11) is 0. The second kappa shape index (κ2) is 5.89. The molecular weight excluding hydrogens is 260 g/mol. The van der Waals surface area contributed by atoms with Crippen molar-refractivity contribution in [3.63, 3.8) is 0 Å². The standard InChI is InChI=1S/C19H16S/c1-2-3-11-17-16-12-7-8-13-18(16)20-19(17)14-15-9-5-4-6-10-15/h2-13H,1,14H2. The Morgan fingerprint density at radius 1 is 0.950 bits per heavy atom. The molecule has 20 heavy (non-hydrogen) atoms. The number of hydrogen-bond acceptors (Lipinski definition) is 1. The molecule has 0 aliphatic carbocycles. The highest BCUT2D eigenvalue weighted by Crippen LogP contribution is 2.33. The van der Waals surface area contributed by atoms with Crippen molar-refractivity contribution >= 4 is 27.5 Å². The molecule has 1 heterocycles. The van der Waals surface area contributed by atoms with Gasteiger partial charge in [0, 0.05) is 16.0 Å². The predicted octanol–water partition coefficient (Wildman–Crippen LogP) is 5.69. The van der Waals surface area contributed by atoms with Gasteiger partial charge in [0.05, 0.1) is 0 Å². The SMILES string of the molecule is C=CC=Cc1c(Cc2ccccc2)sc2ccccc12. The maximum absolute atomic E-state index is 3.77. The van der Waals surface area contributed by atoms with Crippen LogP contribution in [0.25, 0.3) is 16.2 Å². The Labute approximate surface area is 123 Å². The molecule has 3 rings (SSSR count). The molecule has 0 amide bonds. The fourth-order valence-electron chi connectivity index (χ4n) is 2.38. The van der Waals surface area contributed by atoms with E-state index >= 15 is 0 Å². The molecule has 0 spiro atoms. The quantitative estimate of drug-likeness (QED) is 0.537. The maximum Gasteiger partial charge on any atom is 0.0352 e. The van der Waals surface area contributed by atoms with E-state index in [9.17, 15) is 0 Å². The molecule has 0 N–H and O–H groups in total. The minimum Gasteiger partial charge on any atom is -0.139 e. The zero-order valence-electron chi connectivity index (χ0n) is 11.3. The molecule has 1 aromatic heterocycles. The van der Waals surface area contributed by atoms with Gasteiger partial charge in [-0.3, -0.25) is 0 Å². The fraction of sp³-hybridized carbons (Fsp3) is 0.0526. The second-order valence-electron chi connectivity index (χ2n) is 4.69. The lowest BCUT2D eigenvalue weighted by molar-refractivity contribution is 1.24. The lowest BCUT2D eigenvalue weighted by Gasteiger charge is -2.01. The average molecular weight is 276 g/mol. The number of rotatable bonds is 4. The van der Waals surface area contributed by atoms with E-state index in [1.165, 1.54) is 26.1 Å². The monoisotopic (exact) mass is 276 g/mol. The molecule has 0 saturated carbocycles. The summed E-state index contributed by atoms with van der Waals surface area (Å²) < 4.78 is 1.35. The Morgan fingerprint density at radius 2 is 1.70 bits per heavy atom. The number of thiophene rings is 1. The second-order valence-corrected chi connectivity index (χ2v) is 5.83. The Morgan fingerprint density at radius 3 is 2.50 bits per heavy atom. The highest BCUT2D eigenvalue weighted by Gasteiger charge is 2.09. The highest BCUT2D eigenvalue weighted by atomic mass is 32.1. The van der Waals surface area contributed by atoms with Gasteiger partial charge in [0.25, 0.3) is 0 Å². The molecule has 2 aromatic carbocycles. The van der Waals surface area contributed by atoms with E-state index in [1.54, 1.807) is 0 Å². The molecule has 0 nitrogen and oxygen atoms in total. The lowest BCUT2D eigenvalue weighted by Crippen LogP contribution is -1.86. The molecule has 0 saturated heterocycles. The van der Waals surface area contributed by atoms with E-state index < -0.39 is 0 Å². The van der Waals surface area contributed by atoms with Gasteiger partial charge in [-0.25, -0.2) is 0 Å². The van der Waals surface area contributed by atoms with Gasteiger partial charge < -0.3 is 0 Å². The van der Waals surface area contributed by atoms with Crippen LogP contribution in [0.5, 0.6) is 0 Å². The van der Waals surface area contributed by atoms with E-state index in [2.05, 4.69) is 67.3 Å². The van der Waals surface area contributed by atoms with Crippen LogP contribution >= 0.6 is 11.3 Å². The summed E-state index contributed by atoms with van der Waals surface area (Å²) in [5.74, 6) is 0. The van der Waals surface area contributed by atoms with Gasteiger partial charge in [-0.05, 0) is 22.6 Å². The van der Waals surface area contributed by atoms with E-state index in [1.807, 2.05) is 23.5 Å². The van der Waals surface area contributed by atoms with Crippen LogP contribution in [0.3, 0.4) is 0 Å². The Bertz CT molecular complexity index is 748. The number of fused-ring (bicyclic) bond motifs is 1. The van der Waals surface area contributed by atoms with Crippen LogP contribution < -0.4 is 0 Å². The summed E-state index contributed by atoms with van der Waals surface area (Å²) in [6.07, 6.45) is 7.00. The molecule has 0 bridgehead atoms. The maximum atomic E-state index is 3.77. The number of hydrogen-bond donors (Lipinski definition) is 0. The molecule has 0 fully saturated rings. The van der Waals surface area contributed by atoms with Crippen LogP contribution in [0.4, 0.5) is 0 Å². The third-order valence-corrected chi connectivity index (χ3v) is 4.50. The van der Waals surface area contributed by atoms with Crippen molar-refractivity contribution in [1.29, 1.82) is 0 Å². The van der Waals surface area contributed by atoms with Gasteiger partial charge in [0.1, 0.15) is 0 Å². The Hall–Kier alpha value is -2.12. The summed E-state index contributed by atoms with van der Waals surface area (Å²) in [4.78, 5) is 1.41. The van der Waals surface area contributed by atoms with E-state index in [4.69, 9.17) is 0 Å². The predicted molar refractivity (Wildman–Crippen MR) is 90.3 cm³/mol. The van der Waals surface area contributed by atoms with Crippen LogP contribution in [0.1, 0.15) is 16.0 Å². The summed E-state index contributed by atoms with van der Waals surface area (Å²) >= 11 is 1.88. The van der Waals surface area contributed by atoms with Gasteiger partial charge >= 0.3 is 0 Å².